The summed E-state index contributed by atoms with van der Waals surface area (Å²) in [5.41, 5.74) is 1.46. The minimum Gasteiger partial charge on any atom is -0.0625 e. The Hall–Kier alpha value is 0. The van der Waals surface area contributed by atoms with Crippen molar-refractivity contribution < 1.29 is 0 Å². The van der Waals surface area contributed by atoms with Gasteiger partial charge in [-0.15, -0.1) is 0 Å². The maximum atomic E-state index is 2.56. The molecule has 0 spiro atoms. The van der Waals surface area contributed by atoms with Crippen molar-refractivity contribution in [3.8, 4) is 0 Å². The predicted molar refractivity (Wildman–Crippen MR) is 92.1 cm³/mol. The zero-order chi connectivity index (χ0) is 15.4. The Morgan fingerprint density at radius 3 is 2.00 bits per heavy atom. The molecule has 20 heavy (non-hydrogen) atoms. The average Bonchev–Trinajstić information content (AvgIpc) is 2.31. The molecule has 0 aliphatic heterocycles. The van der Waals surface area contributed by atoms with Crippen LogP contribution in [-0.2, 0) is 0 Å². The third kappa shape index (κ3) is 5.41. The quantitative estimate of drug-likeness (QED) is 0.439. The Morgan fingerprint density at radius 1 is 0.750 bits per heavy atom. The summed E-state index contributed by atoms with van der Waals surface area (Å²) in [5, 5.41) is 0. The monoisotopic (exact) mass is 280 g/mol. The van der Waals surface area contributed by atoms with Crippen LogP contribution in [0.3, 0.4) is 0 Å². The first-order valence-corrected chi connectivity index (χ1v) is 9.06. The second kappa shape index (κ2) is 6.84. The normalized spacial score (nSPS) is 34.0. The van der Waals surface area contributed by atoms with Gasteiger partial charge >= 0.3 is 0 Å². The largest absolute Gasteiger partial charge is 0.0625 e. The van der Waals surface area contributed by atoms with Gasteiger partial charge in [0.1, 0.15) is 0 Å². The molecule has 0 radical (unpaired) electrons. The lowest BCUT2D eigenvalue weighted by Crippen LogP contribution is -2.34. The van der Waals surface area contributed by atoms with E-state index in [0.29, 0.717) is 16.2 Å². The van der Waals surface area contributed by atoms with Crippen LogP contribution in [0, 0.1) is 22.2 Å². The second-order valence-electron chi connectivity index (χ2n) is 9.72. The lowest BCUT2D eigenvalue weighted by atomic mass is 9.60. The molecule has 0 aromatic carbocycles. The molecule has 0 nitrogen and oxygen atoms in total. The van der Waals surface area contributed by atoms with E-state index in [2.05, 4.69) is 48.5 Å². The first-order chi connectivity index (χ1) is 9.06. The average molecular weight is 281 g/mol. The highest BCUT2D eigenvalue weighted by Crippen LogP contribution is 2.49. The van der Waals surface area contributed by atoms with Gasteiger partial charge in [-0.25, -0.2) is 0 Å². The molecule has 0 bridgehead atoms. The van der Waals surface area contributed by atoms with Gasteiger partial charge in [0.05, 0.1) is 0 Å². The van der Waals surface area contributed by atoms with Crippen LogP contribution in [-0.4, -0.2) is 0 Å². The number of hydrogen-bond acceptors (Lipinski definition) is 0. The Morgan fingerprint density at radius 2 is 1.40 bits per heavy atom. The van der Waals surface area contributed by atoms with Gasteiger partial charge in [0, 0.05) is 0 Å². The van der Waals surface area contributed by atoms with Crippen LogP contribution in [0.4, 0.5) is 0 Å². The highest BCUT2D eigenvalue weighted by atomic mass is 14.4. The molecule has 2 unspecified atom stereocenters. The molecule has 2 atom stereocenters. The molecule has 0 heterocycles. The standard InChI is InChI=1S/C20H40/c1-17-11-9-8-10-13-19(5,6)15-16-20(7,14-12-17)18(2,3)4/h17H,8-16H2,1-7H3. The summed E-state index contributed by atoms with van der Waals surface area (Å²) < 4.78 is 0. The van der Waals surface area contributed by atoms with Crippen molar-refractivity contribution >= 4 is 0 Å². The summed E-state index contributed by atoms with van der Waals surface area (Å²) in [6.45, 7) is 17.4. The van der Waals surface area contributed by atoms with Crippen LogP contribution in [0.2, 0.25) is 0 Å². The van der Waals surface area contributed by atoms with E-state index in [0.717, 1.165) is 5.92 Å². The molecule has 0 amide bonds. The van der Waals surface area contributed by atoms with E-state index in [1.54, 1.807) is 0 Å². The Bertz CT molecular complexity index is 281. The number of hydrogen-bond donors (Lipinski definition) is 0. The molecule has 1 aliphatic carbocycles. The first-order valence-electron chi connectivity index (χ1n) is 9.06. The Balaban J connectivity index is 2.81. The fourth-order valence-electron chi connectivity index (χ4n) is 3.60. The topological polar surface area (TPSA) is 0 Å². The minimum absolute atomic E-state index is 0.424. The fraction of sp³-hybridized carbons (Fsp3) is 1.00. The minimum atomic E-state index is 0.424. The van der Waals surface area contributed by atoms with Crippen LogP contribution < -0.4 is 0 Å². The van der Waals surface area contributed by atoms with Gasteiger partial charge in [0.15, 0.2) is 0 Å². The summed E-state index contributed by atoms with van der Waals surface area (Å²) in [4.78, 5) is 0. The van der Waals surface area contributed by atoms with Crippen LogP contribution in [0.5, 0.6) is 0 Å². The van der Waals surface area contributed by atoms with E-state index in [1.807, 2.05) is 0 Å². The smallest absolute Gasteiger partial charge is 0.0277 e. The summed E-state index contributed by atoms with van der Waals surface area (Å²) in [7, 11) is 0. The maximum Gasteiger partial charge on any atom is -0.0277 e. The van der Waals surface area contributed by atoms with E-state index in [9.17, 15) is 0 Å². The van der Waals surface area contributed by atoms with Crippen molar-refractivity contribution in [2.45, 2.75) is 106 Å². The summed E-state index contributed by atoms with van der Waals surface area (Å²) in [5.74, 6) is 0.920. The van der Waals surface area contributed by atoms with Gasteiger partial charge in [-0.05, 0) is 47.8 Å². The van der Waals surface area contributed by atoms with Gasteiger partial charge in [0.2, 0.25) is 0 Å². The lowest BCUT2D eigenvalue weighted by Gasteiger charge is -2.45. The Labute approximate surface area is 129 Å². The highest BCUT2D eigenvalue weighted by Gasteiger charge is 2.38. The van der Waals surface area contributed by atoms with Gasteiger partial charge in [-0.3, -0.25) is 0 Å². The van der Waals surface area contributed by atoms with Crippen LogP contribution in [0.15, 0.2) is 0 Å². The molecule has 0 aromatic heterocycles. The van der Waals surface area contributed by atoms with Gasteiger partial charge < -0.3 is 0 Å². The molecule has 1 saturated carbocycles. The van der Waals surface area contributed by atoms with Crippen LogP contribution >= 0.6 is 0 Å². The fourth-order valence-corrected chi connectivity index (χ4v) is 3.60. The van der Waals surface area contributed by atoms with Gasteiger partial charge in [-0.2, -0.15) is 0 Å². The number of rotatable bonds is 0. The zero-order valence-electron chi connectivity index (χ0n) is 15.4. The highest BCUT2D eigenvalue weighted by molar-refractivity contribution is 4.88. The lowest BCUT2D eigenvalue weighted by molar-refractivity contribution is 0.0572. The molecule has 1 fully saturated rings. The molecule has 0 heteroatoms. The van der Waals surface area contributed by atoms with E-state index in [4.69, 9.17) is 0 Å². The van der Waals surface area contributed by atoms with Gasteiger partial charge in [0.25, 0.3) is 0 Å². The zero-order valence-corrected chi connectivity index (χ0v) is 15.4. The van der Waals surface area contributed by atoms with Gasteiger partial charge in [-0.1, -0.05) is 80.6 Å². The van der Waals surface area contributed by atoms with Crippen molar-refractivity contribution in [2.75, 3.05) is 0 Å². The molecule has 0 aromatic rings. The van der Waals surface area contributed by atoms with Crippen LogP contribution in [0.1, 0.15) is 106 Å². The van der Waals surface area contributed by atoms with Crippen molar-refractivity contribution in [2.24, 2.45) is 22.2 Å². The Kier molecular flexibility index (Phi) is 6.17. The van der Waals surface area contributed by atoms with Crippen molar-refractivity contribution in [3.05, 3.63) is 0 Å². The summed E-state index contributed by atoms with van der Waals surface area (Å²) in [6, 6.07) is 0. The van der Waals surface area contributed by atoms with Crippen molar-refractivity contribution in [1.29, 1.82) is 0 Å². The van der Waals surface area contributed by atoms with E-state index in [1.165, 1.54) is 57.8 Å². The molecular weight excluding hydrogens is 240 g/mol. The third-order valence-corrected chi connectivity index (χ3v) is 6.40. The molecule has 120 valence electrons. The van der Waals surface area contributed by atoms with Crippen molar-refractivity contribution in [1.82, 2.24) is 0 Å². The van der Waals surface area contributed by atoms with E-state index >= 15 is 0 Å². The molecule has 1 aliphatic rings. The van der Waals surface area contributed by atoms with Crippen LogP contribution in [0.25, 0.3) is 0 Å². The first kappa shape index (κ1) is 18.1. The van der Waals surface area contributed by atoms with E-state index < -0.39 is 0 Å². The van der Waals surface area contributed by atoms with Crippen molar-refractivity contribution in [3.63, 3.8) is 0 Å². The molecule has 0 N–H and O–H groups in total. The maximum absolute atomic E-state index is 2.56. The second-order valence-corrected chi connectivity index (χ2v) is 9.72. The summed E-state index contributed by atoms with van der Waals surface area (Å²) in [6.07, 6.45) is 12.8. The predicted octanol–water partition coefficient (Wildman–Crippen LogP) is 7.23. The third-order valence-electron chi connectivity index (χ3n) is 6.40. The SMILES string of the molecule is CC1CCCCCC(C)(C)CCC(C)(C(C)(C)C)CC1. The molecule has 1 rings (SSSR count). The molecule has 0 saturated heterocycles. The molecular formula is C20H40. The summed E-state index contributed by atoms with van der Waals surface area (Å²) >= 11 is 0. The van der Waals surface area contributed by atoms with E-state index in [-0.39, 0.29) is 0 Å².